The molecule has 2 fully saturated rings. The fourth-order valence-corrected chi connectivity index (χ4v) is 7.56. The van der Waals surface area contributed by atoms with Crippen LogP contribution in [0.1, 0.15) is 31.8 Å². The van der Waals surface area contributed by atoms with Gasteiger partial charge in [-0.25, -0.2) is 9.97 Å². The fourth-order valence-electron chi connectivity index (χ4n) is 6.13. The van der Waals surface area contributed by atoms with Gasteiger partial charge in [0.15, 0.2) is 10.3 Å². The van der Waals surface area contributed by atoms with Crippen LogP contribution >= 0.6 is 22.7 Å². The minimum absolute atomic E-state index is 0.169. The first-order valence-electron chi connectivity index (χ1n) is 17.0. The first-order valence-corrected chi connectivity index (χ1v) is 18.7. The number of piperazine rings is 2. The third-order valence-electron chi connectivity index (χ3n) is 9.36. The second kappa shape index (κ2) is 15.7. The van der Waals surface area contributed by atoms with Gasteiger partial charge in [-0.1, -0.05) is 48.5 Å². The normalized spacial score (nSPS) is 16.4. The van der Waals surface area contributed by atoms with Crippen LogP contribution in [0, 0.1) is 0 Å². The summed E-state index contributed by atoms with van der Waals surface area (Å²) in [5, 5.41) is 10.9. The molecule has 0 saturated carbocycles. The Balaban J connectivity index is 0.901. The quantitative estimate of drug-likeness (QED) is 0.185. The highest BCUT2D eigenvalue weighted by atomic mass is 32.1. The summed E-state index contributed by atoms with van der Waals surface area (Å²) in [5.74, 6) is -0.339. The number of hydrogen-bond donors (Lipinski definition) is 2. The number of nitrogens with one attached hydrogen (secondary N) is 2. The smallest absolute Gasteiger partial charge is 0.257 e. The molecule has 12 heteroatoms. The topological polar surface area (TPSA) is 96.9 Å². The van der Waals surface area contributed by atoms with Crippen molar-refractivity contribution in [2.24, 2.45) is 0 Å². The Kier molecular flexibility index (Phi) is 10.7. The highest BCUT2D eigenvalue weighted by Gasteiger charge is 2.17. The molecule has 2 saturated heterocycles. The predicted molar refractivity (Wildman–Crippen MR) is 203 cm³/mol. The average Bonchev–Trinajstić information content (AvgIpc) is 3.81. The molecule has 0 bridgehead atoms. The maximum Gasteiger partial charge on any atom is 0.257 e. The lowest BCUT2D eigenvalue weighted by atomic mass is 10.1. The zero-order chi connectivity index (χ0) is 34.5. The van der Waals surface area contributed by atoms with Crippen LogP contribution in [0.4, 0.5) is 10.3 Å². The molecule has 0 spiro atoms. The number of aromatic nitrogens is 2. The first-order chi connectivity index (χ1) is 24.3. The van der Waals surface area contributed by atoms with Crippen molar-refractivity contribution < 1.29 is 9.59 Å². The van der Waals surface area contributed by atoms with Gasteiger partial charge >= 0.3 is 0 Å². The maximum absolute atomic E-state index is 12.9. The molecule has 0 atom stereocenters. The summed E-state index contributed by atoms with van der Waals surface area (Å²) >= 11 is 2.80. The summed E-state index contributed by atoms with van der Waals surface area (Å²) in [5.41, 5.74) is 7.12. The van der Waals surface area contributed by atoms with Gasteiger partial charge < -0.3 is 9.80 Å². The van der Waals surface area contributed by atoms with Gasteiger partial charge in [-0.05, 0) is 49.5 Å². The maximum atomic E-state index is 12.9. The molecule has 3 aromatic carbocycles. The predicted octanol–water partition coefficient (Wildman–Crippen LogP) is 5.93. The zero-order valence-corrected chi connectivity index (χ0v) is 30.1. The molecule has 0 aliphatic carbocycles. The molecular weight excluding hydrogens is 665 g/mol. The van der Waals surface area contributed by atoms with E-state index in [1.54, 1.807) is 0 Å². The minimum Gasteiger partial charge on any atom is -0.304 e. The molecule has 50 heavy (non-hydrogen) atoms. The van der Waals surface area contributed by atoms with E-state index < -0.39 is 0 Å². The third-order valence-corrected chi connectivity index (χ3v) is 10.9. The van der Waals surface area contributed by atoms with Gasteiger partial charge in [0, 0.05) is 98.5 Å². The molecule has 10 nitrogen and oxygen atoms in total. The Morgan fingerprint density at radius 3 is 1.28 bits per heavy atom. The summed E-state index contributed by atoms with van der Waals surface area (Å²) in [7, 11) is 4.32. The molecular formula is C38H42N8O2S2. The van der Waals surface area contributed by atoms with Gasteiger partial charge in [0.1, 0.15) is 0 Å². The van der Waals surface area contributed by atoms with Crippen molar-refractivity contribution in [1.29, 1.82) is 0 Å². The van der Waals surface area contributed by atoms with Gasteiger partial charge in [-0.2, -0.15) is 0 Å². The second-order valence-electron chi connectivity index (χ2n) is 13.1. The van der Waals surface area contributed by atoms with E-state index in [0.29, 0.717) is 21.4 Å². The molecule has 0 unspecified atom stereocenters. The number of benzene rings is 3. The Labute approximate surface area is 301 Å². The summed E-state index contributed by atoms with van der Waals surface area (Å²) in [6.45, 7) is 10.4. The molecule has 4 heterocycles. The Morgan fingerprint density at radius 2 is 0.920 bits per heavy atom. The molecule has 0 radical (unpaired) electrons. The SMILES string of the molecule is CN1CCN(Cc2ccc(C(=O)Nc3nc(-c4ccc(-c5csc(NC(=O)c6ccc(CN7CCN(C)CC7)cc6)n5)cc4)cs3)cc2)CC1. The van der Waals surface area contributed by atoms with Gasteiger partial charge in [-0.15, -0.1) is 22.7 Å². The van der Waals surface area contributed by atoms with Crippen LogP contribution in [0.5, 0.6) is 0 Å². The van der Waals surface area contributed by atoms with E-state index in [0.717, 1.165) is 88.0 Å². The molecule has 2 N–H and O–H groups in total. The number of thiazole rings is 2. The van der Waals surface area contributed by atoms with Crippen molar-refractivity contribution in [3.63, 3.8) is 0 Å². The molecule has 5 aromatic rings. The van der Waals surface area contributed by atoms with Crippen LogP contribution in [0.2, 0.25) is 0 Å². The van der Waals surface area contributed by atoms with Crippen molar-refractivity contribution in [3.8, 4) is 22.5 Å². The number of carbonyl (C=O) groups excluding carboxylic acids is 2. The van der Waals surface area contributed by atoms with Crippen LogP contribution in [0.3, 0.4) is 0 Å². The van der Waals surface area contributed by atoms with Crippen molar-refractivity contribution in [1.82, 2.24) is 29.6 Å². The van der Waals surface area contributed by atoms with Gasteiger partial charge in [-0.3, -0.25) is 30.0 Å². The largest absolute Gasteiger partial charge is 0.304 e. The Bertz CT molecular complexity index is 1750. The average molecular weight is 707 g/mol. The van der Waals surface area contributed by atoms with Gasteiger partial charge in [0.2, 0.25) is 0 Å². The first kappa shape index (κ1) is 34.2. The number of amides is 2. The number of anilines is 2. The molecule has 2 amide bonds. The number of likely N-dealkylation sites (N-methyl/N-ethyl adjacent to an activating group) is 2. The van der Waals surface area contributed by atoms with Crippen LogP contribution in [-0.2, 0) is 13.1 Å². The standard InChI is InChI=1S/C38H42N8O2S2/c1-43-15-19-45(20-16-43)23-27-3-7-31(8-4-27)35(47)41-37-39-33(25-49-37)29-11-13-30(14-12-29)34-26-50-38(40-34)42-36(48)32-9-5-28(6-10-32)24-46-21-17-44(2)18-22-46/h3-14,25-26H,15-24H2,1-2H3,(H,39,41,47)(H,40,42,48). The molecule has 2 aromatic heterocycles. The molecule has 2 aliphatic rings. The summed E-state index contributed by atoms with van der Waals surface area (Å²) in [6.07, 6.45) is 0. The van der Waals surface area contributed by atoms with Crippen LogP contribution in [-0.4, -0.2) is 108 Å². The van der Waals surface area contributed by atoms with E-state index in [4.69, 9.17) is 0 Å². The number of carbonyl (C=O) groups is 2. The second-order valence-corrected chi connectivity index (χ2v) is 14.8. The molecule has 7 rings (SSSR count). The minimum atomic E-state index is -0.169. The highest BCUT2D eigenvalue weighted by molar-refractivity contribution is 7.14. The van der Waals surface area contributed by atoms with Crippen LogP contribution in [0.15, 0.2) is 83.6 Å². The number of rotatable bonds is 10. The van der Waals surface area contributed by atoms with E-state index in [2.05, 4.69) is 54.3 Å². The fraction of sp³-hybridized carbons (Fsp3) is 0.316. The van der Waals surface area contributed by atoms with E-state index in [-0.39, 0.29) is 11.8 Å². The van der Waals surface area contributed by atoms with Crippen molar-refractivity contribution in [2.45, 2.75) is 13.1 Å². The summed E-state index contributed by atoms with van der Waals surface area (Å²) in [4.78, 5) is 44.8. The molecule has 2 aliphatic heterocycles. The lowest BCUT2D eigenvalue weighted by molar-refractivity contribution is 0.101. The third kappa shape index (κ3) is 8.70. The number of nitrogens with zero attached hydrogens (tertiary/aromatic N) is 6. The molecule has 258 valence electrons. The van der Waals surface area contributed by atoms with Crippen LogP contribution < -0.4 is 10.6 Å². The van der Waals surface area contributed by atoms with E-state index >= 15 is 0 Å². The zero-order valence-electron chi connectivity index (χ0n) is 28.5. The van der Waals surface area contributed by atoms with Gasteiger partial charge in [0.05, 0.1) is 11.4 Å². The van der Waals surface area contributed by atoms with E-state index in [1.165, 1.54) is 33.8 Å². The Hall–Kier alpha value is -4.30. The van der Waals surface area contributed by atoms with E-state index in [9.17, 15) is 9.59 Å². The summed E-state index contributed by atoms with van der Waals surface area (Å²) < 4.78 is 0. The van der Waals surface area contributed by atoms with Crippen molar-refractivity contribution in [3.05, 3.63) is 106 Å². The van der Waals surface area contributed by atoms with Crippen molar-refractivity contribution >= 4 is 44.8 Å². The Morgan fingerprint density at radius 1 is 0.560 bits per heavy atom. The monoisotopic (exact) mass is 706 g/mol. The summed E-state index contributed by atoms with van der Waals surface area (Å²) in [6, 6.07) is 23.7. The lowest BCUT2D eigenvalue weighted by Gasteiger charge is -2.32. The van der Waals surface area contributed by atoms with Gasteiger partial charge in [0.25, 0.3) is 11.8 Å². The van der Waals surface area contributed by atoms with E-state index in [1.807, 2.05) is 83.6 Å². The number of hydrogen-bond acceptors (Lipinski definition) is 10. The lowest BCUT2D eigenvalue weighted by Crippen LogP contribution is -2.43. The van der Waals surface area contributed by atoms with Crippen LogP contribution in [0.25, 0.3) is 22.5 Å². The highest BCUT2D eigenvalue weighted by Crippen LogP contribution is 2.30. The van der Waals surface area contributed by atoms with Crippen molar-refractivity contribution in [2.75, 3.05) is 77.1 Å².